The van der Waals surface area contributed by atoms with E-state index in [4.69, 9.17) is 46.4 Å². The number of benzene rings is 2. The summed E-state index contributed by atoms with van der Waals surface area (Å²) < 4.78 is 0. The predicted molar refractivity (Wildman–Crippen MR) is 80.5 cm³/mol. The van der Waals surface area contributed by atoms with Crippen molar-refractivity contribution in [1.82, 2.24) is 0 Å². The van der Waals surface area contributed by atoms with Crippen LogP contribution in [-0.2, 0) is 6.42 Å². The number of aryl methyl sites for hydroxylation is 1. The highest BCUT2D eigenvalue weighted by molar-refractivity contribution is 6.35. The van der Waals surface area contributed by atoms with Crippen molar-refractivity contribution in [3.05, 3.63) is 67.1 Å². The van der Waals surface area contributed by atoms with Gasteiger partial charge in [0.25, 0.3) is 0 Å². The normalized spacial score (nSPS) is 10.7. The van der Waals surface area contributed by atoms with E-state index in [1.165, 1.54) is 0 Å². The Morgan fingerprint density at radius 1 is 0.778 bits per heavy atom. The van der Waals surface area contributed by atoms with Gasteiger partial charge in [0, 0.05) is 26.5 Å². The Hall–Kier alpha value is -0.400. The maximum absolute atomic E-state index is 6.21. The molecular weight excluding hydrogens is 310 g/mol. The van der Waals surface area contributed by atoms with Gasteiger partial charge in [0.15, 0.2) is 0 Å². The van der Waals surface area contributed by atoms with Gasteiger partial charge in [0.2, 0.25) is 0 Å². The van der Waals surface area contributed by atoms with E-state index in [0.29, 0.717) is 26.5 Å². The molecule has 0 aliphatic rings. The summed E-state index contributed by atoms with van der Waals surface area (Å²) in [5, 5.41) is 2.72. The van der Waals surface area contributed by atoms with Crippen molar-refractivity contribution >= 4 is 46.4 Å². The third-order valence-corrected chi connectivity index (χ3v) is 4.08. The smallest absolute Gasteiger partial charge is 0.0445 e. The summed E-state index contributed by atoms with van der Waals surface area (Å²) in [6.45, 7) is 1.92. The summed E-state index contributed by atoms with van der Waals surface area (Å²) >= 11 is 24.4. The van der Waals surface area contributed by atoms with Crippen LogP contribution in [0.25, 0.3) is 0 Å². The van der Waals surface area contributed by atoms with E-state index < -0.39 is 0 Å². The zero-order chi connectivity index (χ0) is 13.3. The molecule has 0 saturated carbocycles. The van der Waals surface area contributed by atoms with Crippen molar-refractivity contribution in [2.45, 2.75) is 13.3 Å². The zero-order valence-corrected chi connectivity index (χ0v) is 12.6. The lowest BCUT2D eigenvalue weighted by molar-refractivity contribution is 1.19. The molecule has 2 aromatic carbocycles. The Balaban J connectivity index is 2.40. The lowest BCUT2D eigenvalue weighted by Crippen LogP contribution is -1.92. The molecule has 0 fully saturated rings. The van der Waals surface area contributed by atoms with Crippen molar-refractivity contribution in [1.29, 1.82) is 0 Å². The molecule has 0 N–H and O–H groups in total. The van der Waals surface area contributed by atoms with Gasteiger partial charge in [-0.25, -0.2) is 0 Å². The molecule has 0 saturated heterocycles. The van der Waals surface area contributed by atoms with Gasteiger partial charge in [0.05, 0.1) is 0 Å². The first-order valence-electron chi connectivity index (χ1n) is 5.36. The van der Waals surface area contributed by atoms with Gasteiger partial charge in [-0.1, -0.05) is 46.4 Å². The topological polar surface area (TPSA) is 0 Å². The van der Waals surface area contributed by atoms with E-state index in [-0.39, 0.29) is 0 Å². The van der Waals surface area contributed by atoms with Crippen molar-refractivity contribution in [3.8, 4) is 0 Å². The number of rotatable bonds is 2. The van der Waals surface area contributed by atoms with Crippen LogP contribution in [0.1, 0.15) is 16.7 Å². The molecule has 0 bridgehead atoms. The minimum Gasteiger partial charge on any atom is -0.0843 e. The predicted octanol–water partition coefficient (Wildman–Crippen LogP) is 6.20. The summed E-state index contributed by atoms with van der Waals surface area (Å²) in [5.41, 5.74) is 2.84. The standard InChI is InChI=1S/C14H10Cl4/c1-8-4-14(18)10(7-13(8)17)5-9-6-11(15)2-3-12(9)16/h2-4,6-7H,5H2,1H3. The van der Waals surface area contributed by atoms with Crippen molar-refractivity contribution < 1.29 is 0 Å². The molecule has 0 atom stereocenters. The number of hydrogen-bond donors (Lipinski definition) is 0. The first-order valence-corrected chi connectivity index (χ1v) is 6.87. The molecule has 2 rings (SSSR count). The molecular formula is C14H10Cl4. The van der Waals surface area contributed by atoms with Gasteiger partial charge in [-0.05, 0) is 53.9 Å². The third-order valence-electron chi connectivity index (χ3n) is 2.72. The Morgan fingerprint density at radius 2 is 1.44 bits per heavy atom. The molecule has 94 valence electrons. The van der Waals surface area contributed by atoms with Crippen LogP contribution in [0.4, 0.5) is 0 Å². The van der Waals surface area contributed by atoms with E-state index in [0.717, 1.165) is 16.7 Å². The second-order valence-corrected chi connectivity index (χ2v) is 5.76. The van der Waals surface area contributed by atoms with E-state index in [1.54, 1.807) is 12.1 Å². The molecule has 0 radical (unpaired) electrons. The molecule has 0 spiro atoms. The summed E-state index contributed by atoms with van der Waals surface area (Å²) in [7, 11) is 0. The first kappa shape index (κ1) is 14.0. The van der Waals surface area contributed by atoms with Gasteiger partial charge < -0.3 is 0 Å². The van der Waals surface area contributed by atoms with Crippen LogP contribution >= 0.6 is 46.4 Å². The van der Waals surface area contributed by atoms with Crippen LogP contribution < -0.4 is 0 Å². The van der Waals surface area contributed by atoms with Crippen LogP contribution in [0, 0.1) is 6.92 Å². The minimum atomic E-state index is 0.609. The molecule has 0 unspecified atom stereocenters. The van der Waals surface area contributed by atoms with Gasteiger partial charge in [-0.3, -0.25) is 0 Å². The second-order valence-electron chi connectivity index (χ2n) is 4.11. The first-order chi connectivity index (χ1) is 8.47. The highest BCUT2D eigenvalue weighted by atomic mass is 35.5. The lowest BCUT2D eigenvalue weighted by Gasteiger charge is -2.09. The maximum Gasteiger partial charge on any atom is 0.0445 e. The third kappa shape index (κ3) is 3.13. The Morgan fingerprint density at radius 3 is 2.17 bits per heavy atom. The highest BCUT2D eigenvalue weighted by Gasteiger charge is 2.08. The van der Waals surface area contributed by atoms with Crippen molar-refractivity contribution in [2.75, 3.05) is 0 Å². The molecule has 0 aliphatic heterocycles. The Bertz CT molecular complexity index is 591. The van der Waals surface area contributed by atoms with E-state index in [9.17, 15) is 0 Å². The molecule has 2 aromatic rings. The molecule has 0 aliphatic carbocycles. The van der Waals surface area contributed by atoms with Crippen LogP contribution in [0.3, 0.4) is 0 Å². The number of halogens is 4. The summed E-state index contributed by atoms with van der Waals surface area (Å²) in [6, 6.07) is 9.11. The lowest BCUT2D eigenvalue weighted by atomic mass is 10.0. The summed E-state index contributed by atoms with van der Waals surface area (Å²) in [5.74, 6) is 0. The van der Waals surface area contributed by atoms with Crippen LogP contribution in [-0.4, -0.2) is 0 Å². The fraction of sp³-hybridized carbons (Fsp3) is 0.143. The second kappa shape index (κ2) is 5.71. The van der Waals surface area contributed by atoms with E-state index in [1.807, 2.05) is 25.1 Å². The molecule has 0 aromatic heterocycles. The number of hydrogen-bond acceptors (Lipinski definition) is 0. The van der Waals surface area contributed by atoms with Gasteiger partial charge >= 0.3 is 0 Å². The fourth-order valence-corrected chi connectivity index (χ4v) is 2.56. The zero-order valence-electron chi connectivity index (χ0n) is 9.61. The minimum absolute atomic E-state index is 0.609. The SMILES string of the molecule is Cc1cc(Cl)c(Cc2cc(Cl)ccc2Cl)cc1Cl. The summed E-state index contributed by atoms with van der Waals surface area (Å²) in [6.07, 6.45) is 0.609. The molecule has 18 heavy (non-hydrogen) atoms. The van der Waals surface area contributed by atoms with E-state index in [2.05, 4.69) is 0 Å². The molecule has 0 nitrogen and oxygen atoms in total. The quantitative estimate of drug-likeness (QED) is 0.618. The van der Waals surface area contributed by atoms with Gasteiger partial charge in [0.1, 0.15) is 0 Å². The van der Waals surface area contributed by atoms with E-state index >= 15 is 0 Å². The van der Waals surface area contributed by atoms with Crippen LogP contribution in [0.2, 0.25) is 20.1 Å². The molecule has 0 heterocycles. The van der Waals surface area contributed by atoms with Gasteiger partial charge in [-0.2, -0.15) is 0 Å². The summed E-state index contributed by atoms with van der Waals surface area (Å²) in [4.78, 5) is 0. The van der Waals surface area contributed by atoms with Crippen LogP contribution in [0.5, 0.6) is 0 Å². The maximum atomic E-state index is 6.21. The highest BCUT2D eigenvalue weighted by Crippen LogP contribution is 2.29. The van der Waals surface area contributed by atoms with Crippen molar-refractivity contribution in [3.63, 3.8) is 0 Å². The average Bonchev–Trinajstić information content (AvgIpc) is 2.30. The Labute approximate surface area is 126 Å². The largest absolute Gasteiger partial charge is 0.0843 e. The van der Waals surface area contributed by atoms with Gasteiger partial charge in [-0.15, -0.1) is 0 Å². The Kier molecular flexibility index (Phi) is 4.45. The van der Waals surface area contributed by atoms with Crippen LogP contribution in [0.15, 0.2) is 30.3 Å². The molecule has 4 heteroatoms. The van der Waals surface area contributed by atoms with Crippen molar-refractivity contribution in [2.24, 2.45) is 0 Å². The monoisotopic (exact) mass is 318 g/mol. The molecule has 0 amide bonds. The average molecular weight is 320 g/mol. The fourth-order valence-electron chi connectivity index (χ4n) is 1.71.